The second kappa shape index (κ2) is 9.77. The molecule has 0 saturated heterocycles. The summed E-state index contributed by atoms with van der Waals surface area (Å²) in [6.07, 6.45) is 13.6. The van der Waals surface area contributed by atoms with E-state index in [0.717, 1.165) is 38.5 Å². The van der Waals surface area contributed by atoms with Gasteiger partial charge in [-0.3, -0.25) is 4.79 Å². The third kappa shape index (κ3) is 7.46. The Bertz CT molecular complexity index is 353. The molecule has 0 spiro atoms. The number of rotatable bonds is 11. The lowest BCUT2D eigenvalue weighted by atomic mass is 9.84. The van der Waals surface area contributed by atoms with E-state index in [2.05, 4.69) is 17.2 Å². The first-order valence-electron chi connectivity index (χ1n) is 8.07. The Morgan fingerprint density at radius 3 is 2.29 bits per heavy atom. The van der Waals surface area contributed by atoms with Gasteiger partial charge in [-0.1, -0.05) is 31.8 Å². The van der Waals surface area contributed by atoms with Crippen molar-refractivity contribution in [3.8, 4) is 0 Å². The molecule has 1 rings (SSSR count). The summed E-state index contributed by atoms with van der Waals surface area (Å²) >= 11 is 4.87. The first-order chi connectivity index (χ1) is 10.1. The van der Waals surface area contributed by atoms with E-state index in [0.29, 0.717) is 6.42 Å². The van der Waals surface area contributed by atoms with Crippen molar-refractivity contribution in [2.75, 3.05) is 0 Å². The van der Waals surface area contributed by atoms with Gasteiger partial charge in [0.15, 0.2) is 5.11 Å². The monoisotopic (exact) mass is 311 g/mol. The number of allylic oxidation sites excluding steroid dienone is 1. The molecule has 5 heteroatoms. The lowest BCUT2D eigenvalue weighted by Gasteiger charge is -2.43. The van der Waals surface area contributed by atoms with Crippen LogP contribution in [0, 0.1) is 0 Å². The van der Waals surface area contributed by atoms with Gasteiger partial charge in [-0.25, -0.2) is 0 Å². The minimum Gasteiger partial charge on any atom is -0.376 e. The van der Waals surface area contributed by atoms with E-state index in [4.69, 9.17) is 18.0 Å². The van der Waals surface area contributed by atoms with E-state index < -0.39 is 0 Å². The van der Waals surface area contributed by atoms with Gasteiger partial charge in [0.05, 0.1) is 0 Å². The number of carbonyl (C=O) groups is 1. The second-order valence-corrected chi connectivity index (χ2v) is 6.36. The van der Waals surface area contributed by atoms with Gasteiger partial charge >= 0.3 is 0 Å². The maximum absolute atomic E-state index is 12.0. The fourth-order valence-electron chi connectivity index (χ4n) is 2.66. The van der Waals surface area contributed by atoms with Crippen LogP contribution in [-0.4, -0.2) is 16.7 Å². The number of nitrogens with one attached hydrogen (secondary N) is 2. The van der Waals surface area contributed by atoms with Crippen molar-refractivity contribution in [1.29, 1.82) is 0 Å². The Balaban J connectivity index is 2.05. The van der Waals surface area contributed by atoms with Crippen molar-refractivity contribution in [1.82, 2.24) is 10.6 Å². The summed E-state index contributed by atoms with van der Waals surface area (Å²) in [6.45, 7) is 3.72. The zero-order valence-corrected chi connectivity index (χ0v) is 13.8. The normalized spacial score (nSPS) is 15.8. The summed E-state index contributed by atoms with van der Waals surface area (Å²) in [5.74, 6) is 0.102. The highest BCUT2D eigenvalue weighted by atomic mass is 32.1. The molecule has 0 atom stereocenters. The minimum atomic E-state index is -0.367. The van der Waals surface area contributed by atoms with Gasteiger partial charge in [-0.15, -0.1) is 6.58 Å². The molecule has 4 nitrogen and oxygen atoms in total. The lowest BCUT2D eigenvalue weighted by Crippen LogP contribution is -2.65. The van der Waals surface area contributed by atoms with Gasteiger partial charge in [-0.2, -0.15) is 0 Å². The topological polar surface area (TPSA) is 67.2 Å². The number of hydrogen-bond acceptors (Lipinski definition) is 2. The van der Waals surface area contributed by atoms with E-state index >= 15 is 0 Å². The maximum Gasteiger partial charge on any atom is 0.221 e. The molecule has 1 saturated carbocycles. The molecule has 0 aliphatic heterocycles. The first-order valence-corrected chi connectivity index (χ1v) is 8.48. The average Bonchev–Trinajstić information content (AvgIpc) is 2.38. The Kier molecular flexibility index (Phi) is 8.35. The molecule has 120 valence electrons. The highest BCUT2D eigenvalue weighted by Crippen LogP contribution is 2.29. The Hall–Kier alpha value is -1.10. The third-order valence-electron chi connectivity index (χ3n) is 4.01. The molecular weight excluding hydrogens is 282 g/mol. The van der Waals surface area contributed by atoms with Crippen LogP contribution in [0.25, 0.3) is 0 Å². The van der Waals surface area contributed by atoms with Crippen molar-refractivity contribution in [2.24, 2.45) is 5.73 Å². The molecule has 0 aromatic heterocycles. The van der Waals surface area contributed by atoms with Gasteiger partial charge in [0.25, 0.3) is 0 Å². The van der Waals surface area contributed by atoms with Gasteiger partial charge in [0, 0.05) is 6.42 Å². The molecule has 0 aromatic rings. The summed E-state index contributed by atoms with van der Waals surface area (Å²) in [6, 6.07) is 0. The molecular formula is C16H29N3OS. The van der Waals surface area contributed by atoms with Crippen LogP contribution in [0.15, 0.2) is 12.7 Å². The summed E-state index contributed by atoms with van der Waals surface area (Å²) in [5, 5.41) is 6.33. The van der Waals surface area contributed by atoms with Gasteiger partial charge < -0.3 is 16.4 Å². The molecule has 1 amide bonds. The van der Waals surface area contributed by atoms with Crippen molar-refractivity contribution in [3.63, 3.8) is 0 Å². The van der Waals surface area contributed by atoms with Crippen LogP contribution < -0.4 is 16.4 Å². The zero-order valence-electron chi connectivity index (χ0n) is 13.0. The van der Waals surface area contributed by atoms with Crippen LogP contribution in [0.3, 0.4) is 0 Å². The highest BCUT2D eigenvalue weighted by Gasteiger charge is 2.38. The summed E-state index contributed by atoms with van der Waals surface area (Å²) in [4.78, 5) is 12.0. The molecule has 0 radical (unpaired) electrons. The van der Waals surface area contributed by atoms with Gasteiger partial charge in [0.1, 0.15) is 5.66 Å². The number of nitrogens with two attached hydrogens (primary N) is 1. The first kappa shape index (κ1) is 18.0. The quantitative estimate of drug-likeness (QED) is 0.237. The summed E-state index contributed by atoms with van der Waals surface area (Å²) in [7, 11) is 0. The lowest BCUT2D eigenvalue weighted by molar-refractivity contribution is -0.124. The van der Waals surface area contributed by atoms with Gasteiger partial charge in [0.2, 0.25) is 5.91 Å². The van der Waals surface area contributed by atoms with E-state index in [9.17, 15) is 4.79 Å². The zero-order chi connectivity index (χ0) is 15.6. The average molecular weight is 311 g/mol. The highest BCUT2D eigenvalue weighted by molar-refractivity contribution is 7.80. The molecule has 0 unspecified atom stereocenters. The molecule has 1 aliphatic rings. The Morgan fingerprint density at radius 2 is 1.76 bits per heavy atom. The van der Waals surface area contributed by atoms with E-state index in [1.165, 1.54) is 25.7 Å². The molecule has 0 aromatic carbocycles. The van der Waals surface area contributed by atoms with Crippen LogP contribution in [0.4, 0.5) is 0 Å². The molecule has 1 fully saturated rings. The summed E-state index contributed by atoms with van der Waals surface area (Å²) < 4.78 is 0. The van der Waals surface area contributed by atoms with Crippen LogP contribution in [0.2, 0.25) is 0 Å². The van der Waals surface area contributed by atoms with E-state index in [-0.39, 0.29) is 16.7 Å². The van der Waals surface area contributed by atoms with Crippen LogP contribution in [0.5, 0.6) is 0 Å². The largest absolute Gasteiger partial charge is 0.376 e. The van der Waals surface area contributed by atoms with E-state index in [1.54, 1.807) is 0 Å². The Morgan fingerprint density at radius 1 is 1.14 bits per heavy atom. The number of unbranched alkanes of at least 4 members (excludes halogenated alkanes) is 6. The van der Waals surface area contributed by atoms with E-state index in [1.807, 2.05) is 6.08 Å². The second-order valence-electron chi connectivity index (χ2n) is 5.92. The minimum absolute atomic E-state index is 0.102. The van der Waals surface area contributed by atoms with Crippen LogP contribution >= 0.6 is 12.2 Å². The molecule has 4 N–H and O–H groups in total. The predicted octanol–water partition coefficient (Wildman–Crippen LogP) is 3.12. The molecule has 21 heavy (non-hydrogen) atoms. The van der Waals surface area contributed by atoms with Crippen LogP contribution in [0.1, 0.15) is 70.6 Å². The standard InChI is InChI=1S/C16H29N3OS/c1-2-3-4-5-6-7-8-9-11-14(20)18-16(12-10-13-16)19-15(17)21/h2H,1,3-13H2,(H,18,20)(H3,17,19,21). The Labute approximate surface area is 133 Å². The van der Waals surface area contributed by atoms with Crippen molar-refractivity contribution < 1.29 is 4.79 Å². The molecule has 1 aliphatic carbocycles. The SMILES string of the molecule is C=CCCCCCCCCC(=O)NC1(NC(N)=S)CCC1. The molecule has 0 heterocycles. The fraction of sp³-hybridized carbons (Fsp3) is 0.750. The predicted molar refractivity (Wildman–Crippen MR) is 91.8 cm³/mol. The number of amides is 1. The molecule has 0 bridgehead atoms. The van der Waals surface area contributed by atoms with Gasteiger partial charge in [-0.05, 0) is 50.7 Å². The number of thiocarbonyl (C=S) groups is 1. The van der Waals surface area contributed by atoms with Crippen molar-refractivity contribution in [3.05, 3.63) is 12.7 Å². The van der Waals surface area contributed by atoms with Crippen molar-refractivity contribution >= 4 is 23.2 Å². The maximum atomic E-state index is 12.0. The van der Waals surface area contributed by atoms with Crippen molar-refractivity contribution in [2.45, 2.75) is 76.3 Å². The van der Waals surface area contributed by atoms with Crippen LogP contribution in [-0.2, 0) is 4.79 Å². The summed E-state index contributed by atoms with van der Waals surface area (Å²) in [5.41, 5.74) is 5.15. The third-order valence-corrected chi connectivity index (χ3v) is 4.11. The number of carbonyl (C=O) groups excluding carboxylic acids is 1. The number of hydrogen-bond donors (Lipinski definition) is 3. The smallest absolute Gasteiger partial charge is 0.221 e. The fourth-order valence-corrected chi connectivity index (χ4v) is 2.85.